The van der Waals surface area contributed by atoms with Crippen LogP contribution in [0, 0.1) is 5.92 Å². The average molecular weight is 322 g/mol. The second-order valence-electron chi connectivity index (χ2n) is 4.64. The zero-order chi connectivity index (χ0) is 16.4. The predicted octanol–water partition coefficient (Wildman–Crippen LogP) is 4.18. The largest absolute Gasteiger partial charge is 0.454 e. The summed E-state index contributed by atoms with van der Waals surface area (Å²) in [7, 11) is 0. The molecule has 0 aromatic heterocycles. The molecule has 1 rings (SSSR count). The maximum atomic E-state index is 13.4. The molecule has 1 fully saturated rings. The van der Waals surface area contributed by atoms with Gasteiger partial charge in [-0.15, -0.1) is 0 Å². The topological polar surface area (TPSA) is 9.23 Å². The van der Waals surface area contributed by atoms with E-state index in [0.29, 0.717) is 0 Å². The lowest BCUT2D eigenvalue weighted by molar-refractivity contribution is -0.383. The van der Waals surface area contributed by atoms with E-state index in [1.54, 1.807) is 0 Å². The van der Waals surface area contributed by atoms with Gasteiger partial charge in [0.15, 0.2) is 0 Å². The van der Waals surface area contributed by atoms with Crippen LogP contribution in [0.1, 0.15) is 13.8 Å². The molecule has 3 atom stereocenters. The molecule has 0 aliphatic carbocycles. The zero-order valence-electron chi connectivity index (χ0n) is 9.84. The lowest BCUT2D eigenvalue weighted by Crippen LogP contribution is -2.57. The van der Waals surface area contributed by atoms with Gasteiger partial charge in [0.2, 0.25) is 0 Å². The molecule has 120 valence electrons. The SMILES string of the molecule is CC(F)(F)C1OC(F)(C(F)(F)F)C(F)(F)C1C(C)(F)F. The van der Waals surface area contributed by atoms with Crippen LogP contribution in [0.4, 0.5) is 43.9 Å². The van der Waals surface area contributed by atoms with E-state index in [1.807, 2.05) is 0 Å². The summed E-state index contributed by atoms with van der Waals surface area (Å²) in [5.41, 5.74) is 0. The van der Waals surface area contributed by atoms with Gasteiger partial charge >= 0.3 is 18.0 Å². The first-order valence-corrected chi connectivity index (χ1v) is 5.03. The first-order valence-electron chi connectivity index (χ1n) is 5.03. The Bertz CT molecular complexity index is 378. The lowest BCUT2D eigenvalue weighted by atomic mass is 9.86. The van der Waals surface area contributed by atoms with Crippen LogP contribution in [0.15, 0.2) is 0 Å². The van der Waals surface area contributed by atoms with E-state index in [4.69, 9.17) is 0 Å². The number of ether oxygens (including phenoxy) is 1. The normalized spacial score (nSPS) is 35.4. The van der Waals surface area contributed by atoms with Crippen molar-refractivity contribution < 1.29 is 48.6 Å². The van der Waals surface area contributed by atoms with Crippen molar-refractivity contribution in [1.82, 2.24) is 0 Å². The van der Waals surface area contributed by atoms with E-state index in [1.165, 1.54) is 0 Å². The molecule has 20 heavy (non-hydrogen) atoms. The molecule has 0 radical (unpaired) electrons. The minimum Gasteiger partial charge on any atom is -0.324 e. The molecule has 0 aromatic carbocycles. The summed E-state index contributed by atoms with van der Waals surface area (Å²) in [4.78, 5) is 0. The van der Waals surface area contributed by atoms with E-state index < -0.39 is 41.8 Å². The van der Waals surface area contributed by atoms with Crippen molar-refractivity contribution >= 4 is 0 Å². The maximum Gasteiger partial charge on any atom is 0.454 e. The highest BCUT2D eigenvalue weighted by molar-refractivity contribution is 5.11. The van der Waals surface area contributed by atoms with Crippen LogP contribution in [0.5, 0.6) is 0 Å². The number of hydrogen-bond acceptors (Lipinski definition) is 1. The lowest BCUT2D eigenvalue weighted by Gasteiger charge is -2.31. The molecule has 1 aliphatic rings. The Morgan fingerprint density at radius 1 is 0.800 bits per heavy atom. The van der Waals surface area contributed by atoms with Crippen molar-refractivity contribution in [2.24, 2.45) is 5.92 Å². The fourth-order valence-electron chi connectivity index (χ4n) is 1.95. The van der Waals surface area contributed by atoms with Gasteiger partial charge in [-0.1, -0.05) is 0 Å². The van der Waals surface area contributed by atoms with Crippen molar-refractivity contribution in [3.05, 3.63) is 0 Å². The van der Waals surface area contributed by atoms with Crippen molar-refractivity contribution in [2.75, 3.05) is 0 Å². The Hall–Kier alpha value is -0.740. The zero-order valence-corrected chi connectivity index (χ0v) is 9.84. The fourth-order valence-corrected chi connectivity index (χ4v) is 1.95. The second kappa shape index (κ2) is 4.14. The van der Waals surface area contributed by atoms with Crippen LogP contribution >= 0.6 is 0 Å². The van der Waals surface area contributed by atoms with E-state index in [9.17, 15) is 43.9 Å². The van der Waals surface area contributed by atoms with Crippen LogP contribution in [0.25, 0.3) is 0 Å². The van der Waals surface area contributed by atoms with Crippen molar-refractivity contribution in [3.8, 4) is 0 Å². The van der Waals surface area contributed by atoms with Gasteiger partial charge in [-0.3, -0.25) is 0 Å². The highest BCUT2D eigenvalue weighted by Crippen LogP contribution is 2.61. The van der Waals surface area contributed by atoms with Gasteiger partial charge in [-0.05, 0) is 6.92 Å². The Balaban J connectivity index is 3.48. The molecule has 1 heterocycles. The summed E-state index contributed by atoms with van der Waals surface area (Å²) in [5, 5.41) is 0. The second-order valence-corrected chi connectivity index (χ2v) is 4.64. The third-order valence-corrected chi connectivity index (χ3v) is 2.82. The summed E-state index contributed by atoms with van der Waals surface area (Å²) < 4.78 is 132. The fraction of sp³-hybridized carbons (Fsp3) is 1.00. The van der Waals surface area contributed by atoms with Crippen molar-refractivity contribution in [1.29, 1.82) is 0 Å². The third-order valence-electron chi connectivity index (χ3n) is 2.82. The minimum absolute atomic E-state index is 0.214. The summed E-state index contributed by atoms with van der Waals surface area (Å²) in [6.07, 6.45) is -10.1. The van der Waals surface area contributed by atoms with Gasteiger partial charge in [0.1, 0.15) is 12.0 Å². The summed E-state index contributed by atoms with van der Waals surface area (Å²) in [6.45, 7) is -0.523. The Morgan fingerprint density at radius 2 is 1.20 bits per heavy atom. The maximum absolute atomic E-state index is 13.4. The van der Waals surface area contributed by atoms with Crippen LogP contribution in [0.3, 0.4) is 0 Å². The van der Waals surface area contributed by atoms with Crippen molar-refractivity contribution in [3.63, 3.8) is 0 Å². The molecule has 0 amide bonds. The predicted molar refractivity (Wildman–Crippen MR) is 44.4 cm³/mol. The molecular weight excluding hydrogens is 314 g/mol. The number of halogens is 10. The summed E-state index contributed by atoms with van der Waals surface area (Å²) >= 11 is 0. The van der Waals surface area contributed by atoms with E-state index in [2.05, 4.69) is 4.74 Å². The molecule has 0 spiro atoms. The Morgan fingerprint density at radius 3 is 1.40 bits per heavy atom. The highest BCUT2D eigenvalue weighted by Gasteiger charge is 2.86. The van der Waals surface area contributed by atoms with E-state index >= 15 is 0 Å². The highest BCUT2D eigenvalue weighted by atomic mass is 19.4. The summed E-state index contributed by atoms with van der Waals surface area (Å²) in [5.74, 6) is -25.0. The van der Waals surface area contributed by atoms with Gasteiger partial charge in [-0.25, -0.2) is 17.6 Å². The van der Waals surface area contributed by atoms with Gasteiger partial charge < -0.3 is 4.74 Å². The number of hydrogen-bond donors (Lipinski definition) is 0. The van der Waals surface area contributed by atoms with Gasteiger partial charge in [0.25, 0.3) is 11.8 Å². The molecule has 1 nitrogen and oxygen atoms in total. The molecule has 0 saturated carbocycles. The smallest absolute Gasteiger partial charge is 0.324 e. The minimum atomic E-state index is -6.46. The average Bonchev–Trinajstić information content (AvgIpc) is 2.32. The molecular formula is C9H8F10O. The molecule has 0 aromatic rings. The molecule has 11 heteroatoms. The van der Waals surface area contributed by atoms with E-state index in [-0.39, 0.29) is 13.8 Å². The first-order chi connectivity index (χ1) is 8.46. The van der Waals surface area contributed by atoms with Crippen LogP contribution in [-0.4, -0.2) is 35.9 Å². The molecule has 0 bridgehead atoms. The Kier molecular flexibility index (Phi) is 3.58. The summed E-state index contributed by atoms with van der Waals surface area (Å²) in [6, 6.07) is 0. The standard InChI is InChI=1S/C9H8F10O/c1-5(10,11)3-4(6(2,12)13)20-8(16,7(3,14)15)9(17,18)19/h3-4H,1-2H3. The van der Waals surface area contributed by atoms with Crippen LogP contribution in [-0.2, 0) is 4.74 Å². The van der Waals surface area contributed by atoms with Crippen LogP contribution < -0.4 is 0 Å². The molecule has 1 saturated heterocycles. The van der Waals surface area contributed by atoms with Crippen LogP contribution in [0.2, 0.25) is 0 Å². The number of rotatable bonds is 2. The molecule has 1 aliphatic heterocycles. The van der Waals surface area contributed by atoms with Crippen molar-refractivity contribution in [2.45, 2.75) is 49.8 Å². The Labute approximate surface area is 105 Å². The van der Waals surface area contributed by atoms with Gasteiger partial charge in [-0.2, -0.15) is 26.3 Å². The molecule has 3 unspecified atom stereocenters. The van der Waals surface area contributed by atoms with Gasteiger partial charge in [0, 0.05) is 6.92 Å². The number of alkyl halides is 10. The van der Waals surface area contributed by atoms with Gasteiger partial charge in [0.05, 0.1) is 0 Å². The monoisotopic (exact) mass is 322 g/mol. The molecule has 0 N–H and O–H groups in total. The van der Waals surface area contributed by atoms with E-state index in [0.717, 1.165) is 0 Å². The quantitative estimate of drug-likeness (QED) is 0.693. The first kappa shape index (κ1) is 17.3. The third kappa shape index (κ3) is 2.33.